The van der Waals surface area contributed by atoms with Crippen LogP contribution in [0.1, 0.15) is 10.4 Å². The van der Waals surface area contributed by atoms with Gasteiger partial charge >= 0.3 is 0 Å². The lowest BCUT2D eigenvalue weighted by atomic mass is 10.1. The van der Waals surface area contributed by atoms with Crippen molar-refractivity contribution in [1.82, 2.24) is 30.0 Å². The van der Waals surface area contributed by atoms with Gasteiger partial charge in [-0.05, 0) is 12.1 Å². The molecule has 0 unspecified atom stereocenters. The molecule has 0 atom stereocenters. The summed E-state index contributed by atoms with van der Waals surface area (Å²) in [4.78, 5) is 24.8. The molecule has 0 aliphatic carbocycles. The summed E-state index contributed by atoms with van der Waals surface area (Å²) in [6.07, 6.45) is 9.55. The van der Waals surface area contributed by atoms with E-state index in [4.69, 9.17) is 5.11 Å². The van der Waals surface area contributed by atoms with Crippen LogP contribution in [-0.4, -0.2) is 48.9 Å². The summed E-state index contributed by atoms with van der Waals surface area (Å²) < 4.78 is 1.59. The van der Waals surface area contributed by atoms with Crippen LogP contribution in [0.2, 0.25) is 0 Å². The molecule has 0 aliphatic heterocycles. The lowest BCUT2D eigenvalue weighted by Gasteiger charge is -2.13. The minimum Gasteiger partial charge on any atom is -0.395 e. The van der Waals surface area contributed by atoms with Crippen LogP contribution in [0.15, 0.2) is 49.4 Å². The van der Waals surface area contributed by atoms with Gasteiger partial charge in [0.1, 0.15) is 6.33 Å². The van der Waals surface area contributed by atoms with E-state index >= 15 is 0 Å². The number of aliphatic hydroxyl groups excluding tert-OH is 1. The number of hydrogen-bond acceptors (Lipinski definition) is 6. The van der Waals surface area contributed by atoms with Crippen LogP contribution in [0.5, 0.6) is 0 Å². The lowest BCUT2D eigenvalue weighted by Crippen LogP contribution is -2.28. The number of pyridine rings is 1. The molecule has 0 bridgehead atoms. The van der Waals surface area contributed by atoms with Gasteiger partial charge in [-0.15, -0.1) is 0 Å². The monoisotopic (exact) mass is 310 g/mol. The molecule has 116 valence electrons. The molecular weight excluding hydrogens is 296 g/mol. The zero-order valence-electron chi connectivity index (χ0n) is 12.1. The molecule has 2 N–H and O–H groups in total. The number of aliphatic hydroxyl groups is 1. The highest BCUT2D eigenvalue weighted by Crippen LogP contribution is 2.25. The van der Waals surface area contributed by atoms with Gasteiger partial charge in [0, 0.05) is 43.1 Å². The number of nitrogens with zero attached hydrogens (tertiary/aromatic N) is 5. The summed E-state index contributed by atoms with van der Waals surface area (Å²) in [6, 6.07) is 3.47. The average molecular weight is 310 g/mol. The van der Waals surface area contributed by atoms with Crippen LogP contribution >= 0.6 is 0 Å². The summed E-state index contributed by atoms with van der Waals surface area (Å²) in [7, 11) is 0. The fourth-order valence-corrected chi connectivity index (χ4v) is 2.18. The first-order valence-corrected chi connectivity index (χ1v) is 6.94. The van der Waals surface area contributed by atoms with Gasteiger partial charge in [0.15, 0.2) is 0 Å². The Morgan fingerprint density at radius 1 is 1.26 bits per heavy atom. The first-order chi connectivity index (χ1) is 11.3. The van der Waals surface area contributed by atoms with Crippen LogP contribution in [0.4, 0.5) is 0 Å². The minimum atomic E-state index is -0.350. The van der Waals surface area contributed by atoms with Gasteiger partial charge in [0.25, 0.3) is 5.91 Å². The van der Waals surface area contributed by atoms with Crippen molar-refractivity contribution in [2.45, 2.75) is 0 Å². The molecule has 3 aromatic rings. The smallest absolute Gasteiger partial charge is 0.255 e. The number of nitrogens with one attached hydrogen (secondary N) is 1. The van der Waals surface area contributed by atoms with Crippen LogP contribution < -0.4 is 5.32 Å². The summed E-state index contributed by atoms with van der Waals surface area (Å²) in [5.74, 6) is -0.350. The van der Waals surface area contributed by atoms with Crippen molar-refractivity contribution < 1.29 is 9.90 Å². The summed E-state index contributed by atoms with van der Waals surface area (Å²) in [6.45, 7) is 0.00386. The van der Waals surface area contributed by atoms with Crippen molar-refractivity contribution in [3.8, 4) is 16.9 Å². The Bertz CT molecular complexity index is 789. The molecule has 8 heteroatoms. The van der Waals surface area contributed by atoms with Crippen molar-refractivity contribution >= 4 is 5.91 Å². The van der Waals surface area contributed by atoms with Gasteiger partial charge in [-0.25, -0.2) is 14.6 Å². The fourth-order valence-electron chi connectivity index (χ4n) is 2.18. The maximum Gasteiger partial charge on any atom is 0.255 e. The van der Waals surface area contributed by atoms with Crippen LogP contribution in [0.25, 0.3) is 16.9 Å². The molecule has 0 saturated heterocycles. The normalized spacial score (nSPS) is 10.5. The van der Waals surface area contributed by atoms with Gasteiger partial charge in [0.2, 0.25) is 0 Å². The molecule has 0 spiro atoms. The lowest BCUT2D eigenvalue weighted by molar-refractivity contribution is 0.0945. The Kier molecular flexibility index (Phi) is 4.34. The molecule has 0 saturated carbocycles. The third-order valence-electron chi connectivity index (χ3n) is 3.14. The molecule has 0 aromatic carbocycles. The predicted molar refractivity (Wildman–Crippen MR) is 81.8 cm³/mol. The summed E-state index contributed by atoms with van der Waals surface area (Å²) >= 11 is 0. The third kappa shape index (κ3) is 3.06. The van der Waals surface area contributed by atoms with Crippen LogP contribution in [0.3, 0.4) is 0 Å². The first kappa shape index (κ1) is 14.8. The molecule has 3 heterocycles. The van der Waals surface area contributed by atoms with Crippen LogP contribution in [-0.2, 0) is 0 Å². The Morgan fingerprint density at radius 2 is 2.09 bits per heavy atom. The van der Waals surface area contributed by atoms with E-state index in [1.54, 1.807) is 47.8 Å². The number of hydrogen-bond donors (Lipinski definition) is 2. The largest absolute Gasteiger partial charge is 0.395 e. The average Bonchev–Trinajstić information content (AvgIpc) is 3.14. The highest BCUT2D eigenvalue weighted by molar-refractivity contribution is 6.03. The van der Waals surface area contributed by atoms with E-state index in [9.17, 15) is 4.79 Å². The quantitative estimate of drug-likeness (QED) is 0.708. The molecule has 0 radical (unpaired) electrons. The second-order valence-corrected chi connectivity index (χ2v) is 4.61. The van der Waals surface area contributed by atoms with Crippen molar-refractivity contribution in [3.63, 3.8) is 0 Å². The van der Waals surface area contributed by atoms with Gasteiger partial charge < -0.3 is 10.4 Å². The molecule has 3 aromatic heterocycles. The van der Waals surface area contributed by atoms with Gasteiger partial charge in [0.05, 0.1) is 23.6 Å². The highest BCUT2D eigenvalue weighted by atomic mass is 16.3. The topological polar surface area (TPSA) is 106 Å². The molecule has 1 amide bonds. The van der Waals surface area contributed by atoms with Gasteiger partial charge in [-0.3, -0.25) is 9.78 Å². The number of amides is 1. The van der Waals surface area contributed by atoms with E-state index in [1.807, 2.05) is 0 Å². The predicted octanol–water partition coefficient (Wildman–Crippen LogP) is 0.446. The Balaban J connectivity index is 2.16. The Labute approximate surface area is 131 Å². The molecule has 23 heavy (non-hydrogen) atoms. The van der Waals surface area contributed by atoms with E-state index < -0.39 is 0 Å². The molecule has 3 rings (SSSR count). The maximum absolute atomic E-state index is 12.6. The third-order valence-corrected chi connectivity index (χ3v) is 3.14. The van der Waals surface area contributed by atoms with E-state index in [2.05, 4.69) is 25.4 Å². The van der Waals surface area contributed by atoms with E-state index in [0.717, 1.165) is 0 Å². The Morgan fingerprint density at radius 3 is 2.78 bits per heavy atom. The second-order valence-electron chi connectivity index (χ2n) is 4.61. The molecule has 0 fully saturated rings. The zero-order valence-corrected chi connectivity index (χ0v) is 12.1. The maximum atomic E-state index is 12.6. The number of carbonyl (C=O) groups excluding carboxylic acids is 1. The highest BCUT2D eigenvalue weighted by Gasteiger charge is 2.20. The van der Waals surface area contributed by atoms with Crippen LogP contribution in [0, 0.1) is 0 Å². The Hall–Kier alpha value is -3.13. The molecule has 0 aliphatic rings. The van der Waals surface area contributed by atoms with Crippen molar-refractivity contribution in [3.05, 3.63) is 55.0 Å². The molecule has 8 nitrogen and oxygen atoms in total. The zero-order chi connectivity index (χ0) is 16.1. The summed E-state index contributed by atoms with van der Waals surface area (Å²) in [5.41, 5.74) is 2.00. The van der Waals surface area contributed by atoms with E-state index in [1.165, 1.54) is 6.33 Å². The van der Waals surface area contributed by atoms with Gasteiger partial charge in [-0.1, -0.05) is 0 Å². The summed E-state index contributed by atoms with van der Waals surface area (Å²) in [5, 5.41) is 15.8. The van der Waals surface area contributed by atoms with Gasteiger partial charge in [-0.2, -0.15) is 5.10 Å². The van der Waals surface area contributed by atoms with E-state index in [0.29, 0.717) is 22.5 Å². The van der Waals surface area contributed by atoms with Crippen molar-refractivity contribution in [1.29, 1.82) is 0 Å². The van der Waals surface area contributed by atoms with E-state index in [-0.39, 0.29) is 19.1 Å². The molecular formula is C15H14N6O2. The first-order valence-electron chi connectivity index (χ1n) is 6.94. The second kappa shape index (κ2) is 6.75. The standard InChI is InChI=1S/C15H14N6O2/c22-7-5-19-15(23)13-12(21-6-1-3-20-21)2-4-18-14(13)11-8-16-10-17-9-11/h1-4,6,8-10,22H,5,7H2,(H,19,23). The SMILES string of the molecule is O=C(NCCO)c1c(-n2cccn2)ccnc1-c1cncnc1. The number of carbonyl (C=O) groups is 1. The number of aromatic nitrogens is 5. The minimum absolute atomic E-state index is 0.146. The van der Waals surface area contributed by atoms with Crippen molar-refractivity contribution in [2.75, 3.05) is 13.2 Å². The van der Waals surface area contributed by atoms with Crippen molar-refractivity contribution in [2.24, 2.45) is 0 Å². The number of rotatable bonds is 5. The fraction of sp³-hybridized carbons (Fsp3) is 0.133.